The van der Waals surface area contributed by atoms with E-state index in [1.54, 1.807) is 25.3 Å². The number of benzene rings is 1. The SMILES string of the molecule is COc1ccc2c(c1)[C@H](NC(=O)c1ccn(C(F)F)n1)CC(C)(C)O2. The Balaban J connectivity index is 1.87. The molecule has 2 heterocycles. The summed E-state index contributed by atoms with van der Waals surface area (Å²) in [5.41, 5.74) is 0.233. The lowest BCUT2D eigenvalue weighted by molar-refractivity contribution is 0.0553. The van der Waals surface area contributed by atoms with Gasteiger partial charge >= 0.3 is 6.55 Å². The van der Waals surface area contributed by atoms with Crippen molar-refractivity contribution in [2.24, 2.45) is 0 Å². The van der Waals surface area contributed by atoms with Crippen molar-refractivity contribution >= 4 is 5.91 Å². The number of carbonyl (C=O) groups is 1. The third-order valence-corrected chi connectivity index (χ3v) is 4.02. The van der Waals surface area contributed by atoms with Gasteiger partial charge < -0.3 is 14.8 Å². The molecule has 6 nitrogen and oxygen atoms in total. The Hall–Kier alpha value is -2.64. The van der Waals surface area contributed by atoms with Gasteiger partial charge in [0.15, 0.2) is 0 Å². The molecule has 1 aliphatic rings. The lowest BCUT2D eigenvalue weighted by Gasteiger charge is -2.38. The molecule has 0 radical (unpaired) electrons. The monoisotopic (exact) mass is 351 g/mol. The highest BCUT2D eigenvalue weighted by Crippen LogP contribution is 2.41. The van der Waals surface area contributed by atoms with Gasteiger partial charge in [-0.2, -0.15) is 13.9 Å². The zero-order valence-corrected chi connectivity index (χ0v) is 14.1. The van der Waals surface area contributed by atoms with Crippen LogP contribution in [0.3, 0.4) is 0 Å². The number of amides is 1. The number of ether oxygens (including phenoxy) is 2. The number of aromatic nitrogens is 2. The van der Waals surface area contributed by atoms with Gasteiger partial charge in [0.05, 0.1) is 13.2 Å². The number of nitrogens with zero attached hydrogens (tertiary/aromatic N) is 2. The van der Waals surface area contributed by atoms with Crippen LogP contribution in [0.4, 0.5) is 8.78 Å². The second kappa shape index (κ2) is 6.34. The molecule has 8 heteroatoms. The highest BCUT2D eigenvalue weighted by atomic mass is 19.3. The molecule has 0 bridgehead atoms. The number of fused-ring (bicyclic) bond motifs is 1. The van der Waals surface area contributed by atoms with Gasteiger partial charge in [-0.15, -0.1) is 0 Å². The van der Waals surface area contributed by atoms with Crippen molar-refractivity contribution in [3.05, 3.63) is 41.7 Å². The van der Waals surface area contributed by atoms with E-state index in [0.717, 1.165) is 11.8 Å². The van der Waals surface area contributed by atoms with E-state index in [1.165, 1.54) is 6.07 Å². The zero-order chi connectivity index (χ0) is 18.2. The Morgan fingerprint density at radius 3 is 2.84 bits per heavy atom. The van der Waals surface area contributed by atoms with Gasteiger partial charge in [0.25, 0.3) is 5.91 Å². The molecule has 0 unspecified atom stereocenters. The average Bonchev–Trinajstić information content (AvgIpc) is 3.04. The van der Waals surface area contributed by atoms with Gasteiger partial charge in [0.1, 0.15) is 22.8 Å². The van der Waals surface area contributed by atoms with Crippen molar-refractivity contribution in [3.8, 4) is 11.5 Å². The standard InChI is InChI=1S/C17H19F2N3O3/c1-17(2)9-13(11-8-10(24-3)4-5-14(11)25-17)20-15(23)12-6-7-22(21-12)16(18)19/h4-8,13,16H,9H2,1-3H3,(H,20,23)/t13-/m1/s1. The number of nitrogens with one attached hydrogen (secondary N) is 1. The third kappa shape index (κ3) is 3.57. The molecule has 3 rings (SSSR count). The summed E-state index contributed by atoms with van der Waals surface area (Å²) < 4.78 is 36.9. The van der Waals surface area contributed by atoms with Crippen LogP contribution >= 0.6 is 0 Å². The Labute approximate surface area is 143 Å². The summed E-state index contributed by atoms with van der Waals surface area (Å²) >= 11 is 0. The lowest BCUT2D eigenvalue weighted by Crippen LogP contribution is -2.41. The van der Waals surface area contributed by atoms with Crippen LogP contribution < -0.4 is 14.8 Å². The third-order valence-electron chi connectivity index (χ3n) is 4.02. The van der Waals surface area contributed by atoms with Crippen LogP contribution in [0, 0.1) is 0 Å². The van der Waals surface area contributed by atoms with Gasteiger partial charge in [-0.05, 0) is 38.1 Å². The van der Waals surface area contributed by atoms with Crippen molar-refractivity contribution < 1.29 is 23.0 Å². The highest BCUT2D eigenvalue weighted by molar-refractivity contribution is 5.92. The molecule has 1 N–H and O–H groups in total. The number of hydrogen-bond donors (Lipinski definition) is 1. The quantitative estimate of drug-likeness (QED) is 0.918. The van der Waals surface area contributed by atoms with Crippen molar-refractivity contribution in [1.82, 2.24) is 15.1 Å². The second-order valence-electron chi connectivity index (χ2n) is 6.45. The molecule has 0 saturated carbocycles. The van der Waals surface area contributed by atoms with Crippen molar-refractivity contribution in [1.29, 1.82) is 0 Å². The molecule has 0 spiro atoms. The first kappa shape index (κ1) is 17.2. The fraction of sp³-hybridized carbons (Fsp3) is 0.412. The van der Waals surface area contributed by atoms with Crippen molar-refractivity contribution in [2.45, 2.75) is 38.5 Å². The number of alkyl halides is 2. The van der Waals surface area contributed by atoms with Crippen LogP contribution in [-0.2, 0) is 0 Å². The number of carbonyl (C=O) groups excluding carboxylic acids is 1. The molecule has 1 aromatic carbocycles. The molecule has 0 aliphatic carbocycles. The molecule has 1 aliphatic heterocycles. The normalized spacial score (nSPS) is 18.4. The van der Waals surface area contributed by atoms with Crippen LogP contribution in [0.15, 0.2) is 30.5 Å². The first-order valence-corrected chi connectivity index (χ1v) is 7.80. The van der Waals surface area contributed by atoms with E-state index in [-0.39, 0.29) is 11.7 Å². The van der Waals surface area contributed by atoms with Crippen LogP contribution in [0.5, 0.6) is 11.5 Å². The fourth-order valence-corrected chi connectivity index (χ4v) is 2.89. The summed E-state index contributed by atoms with van der Waals surface area (Å²) in [5, 5.41) is 6.46. The summed E-state index contributed by atoms with van der Waals surface area (Å²) in [4.78, 5) is 12.4. The molecule has 1 amide bonds. The smallest absolute Gasteiger partial charge is 0.333 e. The Morgan fingerprint density at radius 1 is 1.44 bits per heavy atom. The molecular formula is C17H19F2N3O3. The summed E-state index contributed by atoms with van der Waals surface area (Å²) in [6.07, 6.45) is 1.60. The minimum absolute atomic E-state index is 0.0611. The van der Waals surface area contributed by atoms with E-state index in [4.69, 9.17) is 9.47 Å². The molecule has 2 aromatic rings. The predicted molar refractivity (Wildman–Crippen MR) is 86.0 cm³/mol. The molecular weight excluding hydrogens is 332 g/mol. The first-order valence-electron chi connectivity index (χ1n) is 7.80. The van der Waals surface area contributed by atoms with Crippen LogP contribution in [-0.4, -0.2) is 28.4 Å². The number of rotatable bonds is 4. The van der Waals surface area contributed by atoms with Crippen molar-refractivity contribution in [2.75, 3.05) is 7.11 Å². The largest absolute Gasteiger partial charge is 0.497 e. The maximum Gasteiger partial charge on any atom is 0.333 e. The van der Waals surface area contributed by atoms with Crippen LogP contribution in [0.1, 0.15) is 48.9 Å². The van der Waals surface area contributed by atoms with Gasteiger partial charge in [-0.1, -0.05) is 0 Å². The van der Waals surface area contributed by atoms with E-state index in [2.05, 4.69) is 10.4 Å². The maximum atomic E-state index is 12.6. The van der Waals surface area contributed by atoms with Crippen molar-refractivity contribution in [3.63, 3.8) is 0 Å². The first-order chi connectivity index (χ1) is 11.8. The molecule has 0 saturated heterocycles. The van der Waals surface area contributed by atoms with Crippen LogP contribution in [0.25, 0.3) is 0 Å². The van der Waals surface area contributed by atoms with Gasteiger partial charge in [-0.3, -0.25) is 4.79 Å². The van der Waals surface area contributed by atoms with Gasteiger partial charge in [0.2, 0.25) is 0 Å². The van der Waals surface area contributed by atoms with Crippen LogP contribution in [0.2, 0.25) is 0 Å². The molecule has 25 heavy (non-hydrogen) atoms. The highest BCUT2D eigenvalue weighted by Gasteiger charge is 2.35. The number of hydrogen-bond acceptors (Lipinski definition) is 4. The Morgan fingerprint density at radius 2 is 2.20 bits per heavy atom. The molecule has 1 aromatic heterocycles. The van der Waals surface area contributed by atoms with Gasteiger partial charge in [0, 0.05) is 18.2 Å². The molecule has 0 fully saturated rings. The summed E-state index contributed by atoms with van der Waals surface area (Å²) in [5.74, 6) is 0.777. The van der Waals surface area contributed by atoms with E-state index < -0.39 is 18.1 Å². The lowest BCUT2D eigenvalue weighted by atomic mass is 9.89. The number of halogens is 2. The van der Waals surface area contributed by atoms with E-state index in [1.807, 2.05) is 13.8 Å². The summed E-state index contributed by atoms with van der Waals surface area (Å²) in [6, 6.07) is 6.28. The van der Waals surface area contributed by atoms with E-state index in [9.17, 15) is 13.6 Å². The van der Waals surface area contributed by atoms with E-state index in [0.29, 0.717) is 22.6 Å². The second-order valence-corrected chi connectivity index (χ2v) is 6.45. The predicted octanol–water partition coefficient (Wildman–Crippen LogP) is 3.32. The minimum atomic E-state index is -2.78. The minimum Gasteiger partial charge on any atom is -0.497 e. The molecule has 1 atom stereocenters. The zero-order valence-electron chi connectivity index (χ0n) is 14.1. The summed E-state index contributed by atoms with van der Waals surface area (Å²) in [7, 11) is 1.56. The Bertz CT molecular complexity index is 789. The number of methoxy groups -OCH3 is 1. The summed E-state index contributed by atoms with van der Waals surface area (Å²) in [6.45, 7) is 1.06. The van der Waals surface area contributed by atoms with E-state index >= 15 is 0 Å². The molecule has 134 valence electrons. The average molecular weight is 351 g/mol. The Kier molecular flexibility index (Phi) is 4.36. The fourth-order valence-electron chi connectivity index (χ4n) is 2.89. The maximum absolute atomic E-state index is 12.6. The van der Waals surface area contributed by atoms with Gasteiger partial charge in [-0.25, -0.2) is 4.68 Å². The topological polar surface area (TPSA) is 65.4 Å².